The monoisotopic (exact) mass is 296 g/mol. The second-order valence-electron chi connectivity index (χ2n) is 3.33. The lowest BCUT2D eigenvalue weighted by Crippen LogP contribution is -2.05. The maximum absolute atomic E-state index is 11.0. The summed E-state index contributed by atoms with van der Waals surface area (Å²) >= 11 is 3.19. The third kappa shape index (κ3) is 2.19. The number of halogens is 1. The lowest BCUT2D eigenvalue weighted by Gasteiger charge is -2.05. The molecule has 0 unspecified atom stereocenters. The van der Waals surface area contributed by atoms with Gasteiger partial charge < -0.3 is 5.11 Å². The van der Waals surface area contributed by atoms with E-state index in [0.717, 1.165) is 0 Å². The van der Waals surface area contributed by atoms with Gasteiger partial charge in [0, 0.05) is 10.9 Å². The number of aromatic nitrogens is 4. The number of tetrazole rings is 1. The fourth-order valence-electron chi connectivity index (χ4n) is 1.44. The Morgan fingerprint density at radius 2 is 2.29 bits per heavy atom. The van der Waals surface area contributed by atoms with Gasteiger partial charge in [-0.3, -0.25) is 0 Å². The van der Waals surface area contributed by atoms with Gasteiger partial charge in [-0.1, -0.05) is 6.92 Å². The number of rotatable bonds is 3. The Kier molecular flexibility index (Phi) is 3.19. The number of benzene rings is 1. The lowest BCUT2D eigenvalue weighted by molar-refractivity contribution is 0.0696. The molecule has 7 heteroatoms. The first-order chi connectivity index (χ1) is 8.13. The van der Waals surface area contributed by atoms with Crippen molar-refractivity contribution in [2.24, 2.45) is 0 Å². The van der Waals surface area contributed by atoms with E-state index in [1.54, 1.807) is 12.1 Å². The molecule has 0 saturated heterocycles. The first-order valence-corrected chi connectivity index (χ1v) is 5.73. The molecule has 88 valence electrons. The van der Waals surface area contributed by atoms with Gasteiger partial charge in [0.05, 0.1) is 11.3 Å². The third-order valence-electron chi connectivity index (χ3n) is 2.28. The minimum atomic E-state index is -0.996. The van der Waals surface area contributed by atoms with Gasteiger partial charge in [-0.05, 0) is 44.6 Å². The van der Waals surface area contributed by atoms with Crippen LogP contribution < -0.4 is 0 Å². The van der Waals surface area contributed by atoms with E-state index in [9.17, 15) is 4.79 Å². The fourth-order valence-corrected chi connectivity index (χ4v) is 1.85. The van der Waals surface area contributed by atoms with Crippen LogP contribution in [-0.2, 0) is 6.42 Å². The lowest BCUT2D eigenvalue weighted by atomic mass is 10.2. The zero-order valence-corrected chi connectivity index (χ0v) is 10.5. The Labute approximate surface area is 105 Å². The first kappa shape index (κ1) is 11.7. The summed E-state index contributed by atoms with van der Waals surface area (Å²) in [5.74, 6) is -0.312. The summed E-state index contributed by atoms with van der Waals surface area (Å²) in [5, 5.41) is 20.3. The van der Waals surface area contributed by atoms with Crippen molar-refractivity contribution in [3.8, 4) is 5.69 Å². The summed E-state index contributed by atoms with van der Waals surface area (Å²) in [6, 6.07) is 4.95. The van der Waals surface area contributed by atoms with Crippen LogP contribution in [0.25, 0.3) is 5.69 Å². The summed E-state index contributed by atoms with van der Waals surface area (Å²) < 4.78 is 2.05. The molecule has 0 spiro atoms. The van der Waals surface area contributed by atoms with Crippen molar-refractivity contribution in [1.82, 2.24) is 20.2 Å². The molecule has 0 aliphatic carbocycles. The van der Waals surface area contributed by atoms with Crippen LogP contribution in [0, 0.1) is 0 Å². The molecule has 0 amide bonds. The highest BCUT2D eigenvalue weighted by molar-refractivity contribution is 9.10. The van der Waals surface area contributed by atoms with Gasteiger partial charge in [-0.15, -0.1) is 5.10 Å². The quantitative estimate of drug-likeness (QED) is 0.932. The van der Waals surface area contributed by atoms with Crippen LogP contribution in [0.15, 0.2) is 22.7 Å². The van der Waals surface area contributed by atoms with E-state index in [1.165, 1.54) is 10.7 Å². The number of aromatic carboxylic acids is 1. The minimum Gasteiger partial charge on any atom is -0.478 e. The molecule has 0 saturated carbocycles. The van der Waals surface area contributed by atoms with Crippen LogP contribution >= 0.6 is 15.9 Å². The standard InChI is InChI=1S/C10H9BrN4O2/c1-2-9-12-13-14-15(9)6-3-4-8(11)7(5-6)10(16)17/h3-5H,2H2,1H3,(H,16,17). The van der Waals surface area contributed by atoms with Crippen LogP contribution in [0.4, 0.5) is 0 Å². The van der Waals surface area contributed by atoms with Crippen LogP contribution in [0.5, 0.6) is 0 Å². The van der Waals surface area contributed by atoms with Gasteiger partial charge in [0.15, 0.2) is 5.82 Å². The number of aryl methyl sites for hydroxylation is 1. The molecule has 2 aromatic rings. The van der Waals surface area contributed by atoms with Crippen molar-refractivity contribution < 1.29 is 9.90 Å². The summed E-state index contributed by atoms with van der Waals surface area (Å²) in [6.45, 7) is 1.93. The third-order valence-corrected chi connectivity index (χ3v) is 2.97. The molecule has 1 aromatic carbocycles. The molecule has 1 N–H and O–H groups in total. The Hall–Kier alpha value is -1.76. The van der Waals surface area contributed by atoms with E-state index in [2.05, 4.69) is 31.5 Å². The van der Waals surface area contributed by atoms with Crippen molar-refractivity contribution in [2.45, 2.75) is 13.3 Å². The summed E-state index contributed by atoms with van der Waals surface area (Å²) in [7, 11) is 0. The maximum Gasteiger partial charge on any atom is 0.336 e. The number of hydrogen-bond acceptors (Lipinski definition) is 4. The summed E-state index contributed by atoms with van der Waals surface area (Å²) in [6.07, 6.45) is 0.672. The molecule has 0 fully saturated rings. The van der Waals surface area contributed by atoms with E-state index in [4.69, 9.17) is 5.11 Å². The minimum absolute atomic E-state index is 0.181. The zero-order chi connectivity index (χ0) is 12.4. The predicted octanol–water partition coefficient (Wildman–Crippen LogP) is 1.69. The van der Waals surface area contributed by atoms with Crippen LogP contribution in [0.3, 0.4) is 0 Å². The van der Waals surface area contributed by atoms with E-state index < -0.39 is 5.97 Å². The fraction of sp³-hybridized carbons (Fsp3) is 0.200. The van der Waals surface area contributed by atoms with Gasteiger partial charge in [-0.25, -0.2) is 4.79 Å². The average Bonchev–Trinajstić information content (AvgIpc) is 2.77. The number of hydrogen-bond donors (Lipinski definition) is 1. The zero-order valence-electron chi connectivity index (χ0n) is 8.96. The molecule has 2 rings (SSSR count). The highest BCUT2D eigenvalue weighted by atomic mass is 79.9. The van der Waals surface area contributed by atoms with Crippen molar-refractivity contribution >= 4 is 21.9 Å². The smallest absolute Gasteiger partial charge is 0.336 e. The van der Waals surface area contributed by atoms with Gasteiger partial charge in [-0.2, -0.15) is 4.68 Å². The molecule has 6 nitrogen and oxygen atoms in total. The second kappa shape index (κ2) is 4.62. The molecular formula is C10H9BrN4O2. The summed E-state index contributed by atoms with van der Waals surface area (Å²) in [5.41, 5.74) is 0.813. The van der Waals surface area contributed by atoms with Crippen molar-refractivity contribution in [3.63, 3.8) is 0 Å². The normalized spacial score (nSPS) is 10.5. The highest BCUT2D eigenvalue weighted by Crippen LogP contribution is 2.20. The van der Waals surface area contributed by atoms with Crippen LogP contribution in [0.1, 0.15) is 23.1 Å². The highest BCUT2D eigenvalue weighted by Gasteiger charge is 2.12. The van der Waals surface area contributed by atoms with Crippen molar-refractivity contribution in [2.75, 3.05) is 0 Å². The van der Waals surface area contributed by atoms with Gasteiger partial charge in [0.1, 0.15) is 0 Å². The number of nitrogens with zero attached hydrogens (tertiary/aromatic N) is 4. The van der Waals surface area contributed by atoms with E-state index in [1.807, 2.05) is 6.92 Å². The number of carbonyl (C=O) groups is 1. The predicted molar refractivity (Wildman–Crippen MR) is 63.2 cm³/mol. The topological polar surface area (TPSA) is 80.9 Å². The van der Waals surface area contributed by atoms with Crippen LogP contribution in [-0.4, -0.2) is 31.3 Å². The SMILES string of the molecule is CCc1nnnn1-c1ccc(Br)c(C(=O)O)c1. The van der Waals surface area contributed by atoms with Crippen molar-refractivity contribution in [1.29, 1.82) is 0 Å². The maximum atomic E-state index is 11.0. The molecule has 0 bridgehead atoms. The molecule has 0 aliphatic rings. The molecule has 17 heavy (non-hydrogen) atoms. The van der Waals surface area contributed by atoms with Gasteiger partial charge >= 0.3 is 5.97 Å². The molecule has 1 heterocycles. The second-order valence-corrected chi connectivity index (χ2v) is 4.18. The molecule has 0 aliphatic heterocycles. The Balaban J connectivity index is 2.54. The van der Waals surface area contributed by atoms with E-state index in [0.29, 0.717) is 22.4 Å². The van der Waals surface area contributed by atoms with Crippen LogP contribution in [0.2, 0.25) is 0 Å². The Bertz CT molecular complexity index is 567. The summed E-state index contributed by atoms with van der Waals surface area (Å²) in [4.78, 5) is 11.0. The van der Waals surface area contributed by atoms with Gasteiger partial charge in [0.2, 0.25) is 0 Å². The average molecular weight is 297 g/mol. The number of carboxylic acids is 1. The first-order valence-electron chi connectivity index (χ1n) is 4.94. The van der Waals surface area contributed by atoms with E-state index >= 15 is 0 Å². The molecule has 0 radical (unpaired) electrons. The molecule has 1 aromatic heterocycles. The van der Waals surface area contributed by atoms with Gasteiger partial charge in [0.25, 0.3) is 0 Å². The largest absolute Gasteiger partial charge is 0.478 e. The molecular weight excluding hydrogens is 288 g/mol. The number of carboxylic acid groups (broad SMARTS) is 1. The van der Waals surface area contributed by atoms with Crippen molar-refractivity contribution in [3.05, 3.63) is 34.1 Å². The Morgan fingerprint density at radius 1 is 1.53 bits per heavy atom. The molecule has 0 atom stereocenters. The van der Waals surface area contributed by atoms with E-state index in [-0.39, 0.29) is 5.56 Å². The Morgan fingerprint density at radius 3 is 2.94 bits per heavy atom.